The number of aromatic nitrogens is 2. The fourth-order valence-corrected chi connectivity index (χ4v) is 5.14. The highest BCUT2D eigenvalue weighted by atomic mass is 19.1. The molecule has 2 saturated heterocycles. The quantitative estimate of drug-likeness (QED) is 0.336. The molecule has 2 aromatic heterocycles. The molecule has 5 rings (SSSR count). The van der Waals surface area contributed by atoms with E-state index in [1.165, 1.54) is 6.20 Å². The van der Waals surface area contributed by atoms with Crippen molar-refractivity contribution in [2.45, 2.75) is 95.8 Å². The molecular formula is C28H38FN3O6. The Labute approximate surface area is 222 Å². The van der Waals surface area contributed by atoms with E-state index in [1.807, 2.05) is 20.8 Å². The number of halogens is 1. The first-order valence-electron chi connectivity index (χ1n) is 13.4. The number of pyridine rings is 2. The third kappa shape index (κ3) is 6.89. The highest BCUT2D eigenvalue weighted by Gasteiger charge is 2.50. The maximum Gasteiger partial charge on any atom is 0.408 e. The Bertz CT molecular complexity index is 1140. The zero-order valence-electron chi connectivity index (χ0n) is 22.7. The third-order valence-electron chi connectivity index (χ3n) is 7.19. The van der Waals surface area contributed by atoms with Crippen LogP contribution >= 0.6 is 0 Å². The van der Waals surface area contributed by atoms with E-state index in [4.69, 9.17) is 18.9 Å². The number of carbonyl (C=O) groups excluding carboxylic acids is 2. The van der Waals surface area contributed by atoms with Crippen molar-refractivity contribution in [1.29, 1.82) is 0 Å². The van der Waals surface area contributed by atoms with Crippen LogP contribution in [0.1, 0.15) is 78.2 Å². The van der Waals surface area contributed by atoms with Crippen LogP contribution in [0, 0.1) is 5.82 Å². The van der Waals surface area contributed by atoms with Crippen LogP contribution < -0.4 is 10.1 Å². The summed E-state index contributed by atoms with van der Waals surface area (Å²) < 4.78 is 37.3. The van der Waals surface area contributed by atoms with E-state index in [1.54, 1.807) is 19.1 Å². The van der Waals surface area contributed by atoms with E-state index in [2.05, 4.69) is 15.3 Å². The first-order valence-corrected chi connectivity index (χ1v) is 13.4. The van der Waals surface area contributed by atoms with Gasteiger partial charge in [-0.15, -0.1) is 0 Å². The minimum atomic E-state index is -0.562. The molecule has 0 unspecified atom stereocenters. The van der Waals surface area contributed by atoms with E-state index < -0.39 is 23.1 Å². The van der Waals surface area contributed by atoms with Gasteiger partial charge in [-0.3, -0.25) is 9.78 Å². The fourth-order valence-electron chi connectivity index (χ4n) is 5.14. The van der Waals surface area contributed by atoms with E-state index >= 15 is 0 Å². The molecule has 1 aliphatic carbocycles. The number of nitrogens with one attached hydrogen (secondary N) is 1. The van der Waals surface area contributed by atoms with Gasteiger partial charge in [0.05, 0.1) is 48.2 Å². The van der Waals surface area contributed by atoms with Crippen LogP contribution in [0.3, 0.4) is 0 Å². The van der Waals surface area contributed by atoms with Gasteiger partial charge in [-0.1, -0.05) is 0 Å². The van der Waals surface area contributed by atoms with Crippen LogP contribution in [-0.2, 0) is 25.4 Å². The normalized spacial score (nSPS) is 22.8. The standard InChI is InChI=1S/C28H38FN3O6/c1-5-35-23(33)7-6-16-36-22-9-8-21-24(31-22)19(20(29)17-30-21)10-11-28-14-12-27(13-15-28,18-37-28)32-25(34)38-26(2,3)4/h8-9,17H,5-7,10-16,18H2,1-4H3,(H,32,34). The van der Waals surface area contributed by atoms with Crippen LogP contribution in [0.5, 0.6) is 5.88 Å². The number of nitrogens with zero attached hydrogens (tertiary/aromatic N) is 2. The van der Waals surface area contributed by atoms with Crippen LogP contribution in [0.4, 0.5) is 9.18 Å². The molecule has 3 fully saturated rings. The molecular weight excluding hydrogens is 493 g/mol. The maximum atomic E-state index is 15.0. The highest BCUT2D eigenvalue weighted by Crippen LogP contribution is 2.46. The second-order valence-electron chi connectivity index (χ2n) is 11.2. The Hall–Kier alpha value is -3.01. The summed E-state index contributed by atoms with van der Waals surface area (Å²) in [5.74, 6) is -0.313. The highest BCUT2D eigenvalue weighted by molar-refractivity contribution is 5.78. The van der Waals surface area contributed by atoms with Gasteiger partial charge in [0.25, 0.3) is 0 Å². The second kappa shape index (κ2) is 11.4. The lowest BCUT2D eigenvalue weighted by Crippen LogP contribution is -2.63. The molecule has 0 aromatic carbocycles. The van der Waals surface area contributed by atoms with Crippen molar-refractivity contribution in [2.75, 3.05) is 19.8 Å². The lowest BCUT2D eigenvalue weighted by Gasteiger charge is -2.53. The van der Waals surface area contributed by atoms with Gasteiger partial charge in [0.2, 0.25) is 5.88 Å². The molecule has 1 N–H and O–H groups in total. The van der Waals surface area contributed by atoms with Crippen molar-refractivity contribution in [1.82, 2.24) is 15.3 Å². The number of hydrogen-bond donors (Lipinski definition) is 1. The van der Waals surface area contributed by atoms with E-state index in [0.717, 1.165) is 25.7 Å². The molecule has 0 radical (unpaired) electrons. The average Bonchev–Trinajstić information content (AvgIpc) is 2.86. The van der Waals surface area contributed by atoms with Crippen molar-refractivity contribution in [3.8, 4) is 5.88 Å². The third-order valence-corrected chi connectivity index (χ3v) is 7.19. The molecule has 10 heteroatoms. The molecule has 2 aromatic rings. The van der Waals surface area contributed by atoms with Gasteiger partial charge < -0.3 is 24.3 Å². The molecule has 2 aliphatic heterocycles. The number of esters is 1. The smallest absolute Gasteiger partial charge is 0.408 e. The largest absolute Gasteiger partial charge is 0.478 e. The Kier molecular flexibility index (Phi) is 8.40. The van der Waals surface area contributed by atoms with Gasteiger partial charge >= 0.3 is 12.1 Å². The monoisotopic (exact) mass is 531 g/mol. The number of ether oxygens (including phenoxy) is 4. The Balaban J connectivity index is 1.37. The summed E-state index contributed by atoms with van der Waals surface area (Å²) in [5, 5.41) is 3.04. The van der Waals surface area contributed by atoms with Crippen molar-refractivity contribution in [3.63, 3.8) is 0 Å². The van der Waals surface area contributed by atoms with Crippen molar-refractivity contribution in [3.05, 3.63) is 29.7 Å². The SMILES string of the molecule is CCOC(=O)CCCOc1ccc2ncc(F)c(CCC34CCC(NC(=O)OC(C)(C)C)(CC3)CO4)c2n1. The van der Waals surface area contributed by atoms with Gasteiger partial charge in [0, 0.05) is 18.1 Å². The number of alkyl carbamates (subject to hydrolysis) is 1. The summed E-state index contributed by atoms with van der Waals surface area (Å²) in [7, 11) is 0. The van der Waals surface area contributed by atoms with E-state index in [-0.39, 0.29) is 18.0 Å². The maximum absolute atomic E-state index is 15.0. The predicted molar refractivity (Wildman–Crippen MR) is 138 cm³/mol. The van der Waals surface area contributed by atoms with Crippen molar-refractivity contribution in [2.24, 2.45) is 0 Å². The molecule has 0 spiro atoms. The molecule has 208 valence electrons. The molecule has 1 saturated carbocycles. The molecule has 38 heavy (non-hydrogen) atoms. The zero-order chi connectivity index (χ0) is 27.4. The van der Waals surface area contributed by atoms with Gasteiger partial charge in [-0.05, 0) is 78.7 Å². The summed E-state index contributed by atoms with van der Waals surface area (Å²) in [6, 6.07) is 3.46. The second-order valence-corrected chi connectivity index (χ2v) is 11.2. The first-order chi connectivity index (χ1) is 18.0. The summed E-state index contributed by atoms with van der Waals surface area (Å²) >= 11 is 0. The summed E-state index contributed by atoms with van der Waals surface area (Å²) in [6.45, 7) is 8.34. The molecule has 3 aliphatic rings. The van der Waals surface area contributed by atoms with Gasteiger partial charge in [0.15, 0.2) is 0 Å². The minimum Gasteiger partial charge on any atom is -0.478 e. The molecule has 2 bridgehead atoms. The number of aryl methyl sites for hydroxylation is 1. The Morgan fingerprint density at radius 2 is 1.95 bits per heavy atom. The average molecular weight is 532 g/mol. The predicted octanol–water partition coefficient (Wildman–Crippen LogP) is 5.03. The fraction of sp³-hybridized carbons (Fsp3) is 0.643. The molecule has 1 amide bonds. The summed E-state index contributed by atoms with van der Waals surface area (Å²) in [4.78, 5) is 32.6. The minimum absolute atomic E-state index is 0.263. The van der Waals surface area contributed by atoms with E-state index in [9.17, 15) is 14.0 Å². The van der Waals surface area contributed by atoms with Crippen LogP contribution in [0.15, 0.2) is 18.3 Å². The van der Waals surface area contributed by atoms with Gasteiger partial charge in [0.1, 0.15) is 11.4 Å². The number of rotatable bonds is 10. The number of fused-ring (bicyclic) bond motifs is 4. The number of amides is 1. The van der Waals surface area contributed by atoms with Crippen molar-refractivity contribution >= 4 is 23.1 Å². The lowest BCUT2D eigenvalue weighted by atomic mass is 9.69. The van der Waals surface area contributed by atoms with Crippen molar-refractivity contribution < 1.29 is 32.9 Å². The topological polar surface area (TPSA) is 109 Å². The lowest BCUT2D eigenvalue weighted by molar-refractivity contribution is -0.163. The Morgan fingerprint density at radius 1 is 1.18 bits per heavy atom. The van der Waals surface area contributed by atoms with Crippen LogP contribution in [0.2, 0.25) is 0 Å². The van der Waals surface area contributed by atoms with Crippen LogP contribution in [-0.4, -0.2) is 58.6 Å². The van der Waals surface area contributed by atoms with Gasteiger partial charge in [-0.25, -0.2) is 14.2 Å². The summed E-state index contributed by atoms with van der Waals surface area (Å²) in [6.07, 6.45) is 5.76. The summed E-state index contributed by atoms with van der Waals surface area (Å²) in [5.41, 5.74) is 0.205. The molecule has 4 heterocycles. The first kappa shape index (κ1) is 28.0. The molecule has 0 atom stereocenters. The molecule has 9 nitrogen and oxygen atoms in total. The van der Waals surface area contributed by atoms with E-state index in [0.29, 0.717) is 61.6 Å². The number of hydrogen-bond acceptors (Lipinski definition) is 8. The Morgan fingerprint density at radius 3 is 2.61 bits per heavy atom. The number of carbonyl (C=O) groups is 2. The van der Waals surface area contributed by atoms with Gasteiger partial charge in [-0.2, -0.15) is 0 Å². The zero-order valence-corrected chi connectivity index (χ0v) is 22.7. The van der Waals surface area contributed by atoms with Crippen LogP contribution in [0.25, 0.3) is 11.0 Å².